The predicted octanol–water partition coefficient (Wildman–Crippen LogP) is 1.04. The van der Waals surface area contributed by atoms with Crippen molar-refractivity contribution in [2.45, 2.75) is 32.0 Å². The van der Waals surface area contributed by atoms with E-state index >= 15 is 0 Å². The topological polar surface area (TPSA) is 111 Å². The van der Waals surface area contributed by atoms with Gasteiger partial charge < -0.3 is 20.6 Å². The van der Waals surface area contributed by atoms with Gasteiger partial charge in [0.25, 0.3) is 0 Å². The minimum atomic E-state index is -0.709. The van der Waals surface area contributed by atoms with Gasteiger partial charge in [0.05, 0.1) is 6.04 Å². The second-order valence-electron chi connectivity index (χ2n) is 6.00. The van der Waals surface area contributed by atoms with Crippen LogP contribution < -0.4 is 16.0 Å². The highest BCUT2D eigenvalue weighted by atomic mass is 16.3. The number of phenols is 1. The fourth-order valence-electron chi connectivity index (χ4n) is 3.21. The van der Waals surface area contributed by atoms with Crippen LogP contribution in [0.15, 0.2) is 24.3 Å². The smallest absolute Gasteiger partial charge is 0.325 e. The Morgan fingerprint density at radius 2 is 2.00 bits per heavy atom. The molecule has 3 unspecified atom stereocenters. The van der Waals surface area contributed by atoms with Gasteiger partial charge in [-0.3, -0.25) is 10.1 Å². The predicted molar refractivity (Wildman–Crippen MR) is 84.9 cm³/mol. The van der Waals surface area contributed by atoms with Crippen molar-refractivity contribution in [1.82, 2.24) is 20.9 Å². The van der Waals surface area contributed by atoms with E-state index in [1.807, 2.05) is 6.92 Å². The number of rotatable bonds is 4. The van der Waals surface area contributed by atoms with Crippen molar-refractivity contribution in [1.29, 1.82) is 0 Å². The van der Waals surface area contributed by atoms with Crippen LogP contribution in [0.5, 0.6) is 5.75 Å². The van der Waals surface area contributed by atoms with Gasteiger partial charge in [0.15, 0.2) is 0 Å². The molecule has 3 rings (SSSR count). The van der Waals surface area contributed by atoms with E-state index in [4.69, 9.17) is 0 Å². The molecule has 2 fully saturated rings. The number of benzene rings is 1. The summed E-state index contributed by atoms with van der Waals surface area (Å²) in [5, 5.41) is 17.5. The van der Waals surface area contributed by atoms with Crippen LogP contribution in [-0.2, 0) is 4.79 Å². The van der Waals surface area contributed by atoms with Gasteiger partial charge in [-0.2, -0.15) is 0 Å². The molecule has 2 heterocycles. The first-order valence-electron chi connectivity index (χ1n) is 7.98. The lowest BCUT2D eigenvalue weighted by molar-refractivity contribution is -0.130. The summed E-state index contributed by atoms with van der Waals surface area (Å²) in [7, 11) is 0. The van der Waals surface area contributed by atoms with Crippen LogP contribution in [0.25, 0.3) is 0 Å². The van der Waals surface area contributed by atoms with Crippen LogP contribution in [0, 0.1) is 5.92 Å². The molecule has 0 spiro atoms. The molecule has 2 aliphatic heterocycles. The highest BCUT2D eigenvalue weighted by Gasteiger charge is 2.49. The third-order valence-electron chi connectivity index (χ3n) is 4.38. The first-order chi connectivity index (χ1) is 11.5. The lowest BCUT2D eigenvalue weighted by atomic mass is 9.86. The van der Waals surface area contributed by atoms with E-state index < -0.39 is 36.1 Å². The summed E-state index contributed by atoms with van der Waals surface area (Å²) >= 11 is 0. The number of carbonyl (C=O) groups excluding carboxylic acids is 3. The zero-order valence-corrected chi connectivity index (χ0v) is 13.3. The first-order valence-corrected chi connectivity index (χ1v) is 7.98. The van der Waals surface area contributed by atoms with Gasteiger partial charge >= 0.3 is 12.1 Å². The number of nitrogens with one attached hydrogen (secondary N) is 3. The summed E-state index contributed by atoms with van der Waals surface area (Å²) in [4.78, 5) is 38.1. The van der Waals surface area contributed by atoms with Gasteiger partial charge in [0.2, 0.25) is 5.91 Å². The maximum absolute atomic E-state index is 12.4. The molecular formula is C16H20N4O4. The Kier molecular flexibility index (Phi) is 4.28. The molecule has 5 amide bonds. The molecule has 4 N–H and O–H groups in total. The van der Waals surface area contributed by atoms with Crippen LogP contribution in [0.1, 0.15) is 31.4 Å². The largest absolute Gasteiger partial charge is 0.508 e. The summed E-state index contributed by atoms with van der Waals surface area (Å²) in [5.74, 6) is -1.08. The number of unbranched alkanes of at least 4 members (excludes halogenated alkanes) is 1. The Labute approximate surface area is 139 Å². The number of fused-ring (bicyclic) bond motifs is 1. The monoisotopic (exact) mass is 332 g/mol. The SMILES string of the molecule is CCCCN1C(=O)NC(=O)C2C(c3cccc(O)c3)NC(=O)NC21. The normalized spacial score (nSPS) is 26.3. The molecule has 8 nitrogen and oxygen atoms in total. The van der Waals surface area contributed by atoms with E-state index in [2.05, 4.69) is 16.0 Å². The average Bonchev–Trinajstić information content (AvgIpc) is 2.53. The van der Waals surface area contributed by atoms with Crippen molar-refractivity contribution in [3.8, 4) is 5.75 Å². The van der Waals surface area contributed by atoms with E-state index in [-0.39, 0.29) is 5.75 Å². The molecule has 2 aliphatic rings. The number of hydrogen-bond acceptors (Lipinski definition) is 4. The van der Waals surface area contributed by atoms with Crippen molar-refractivity contribution in [3.63, 3.8) is 0 Å². The molecule has 128 valence electrons. The number of imide groups is 1. The van der Waals surface area contributed by atoms with Crippen LogP contribution in [0.3, 0.4) is 0 Å². The summed E-state index contributed by atoms with van der Waals surface area (Å²) in [5.41, 5.74) is 0.611. The number of urea groups is 2. The average molecular weight is 332 g/mol. The fourth-order valence-corrected chi connectivity index (χ4v) is 3.21. The molecule has 1 aromatic rings. The molecule has 1 aromatic carbocycles. The van der Waals surface area contributed by atoms with Crippen molar-refractivity contribution < 1.29 is 19.5 Å². The van der Waals surface area contributed by atoms with Gasteiger partial charge in [-0.05, 0) is 24.1 Å². The van der Waals surface area contributed by atoms with Crippen molar-refractivity contribution in [3.05, 3.63) is 29.8 Å². The van der Waals surface area contributed by atoms with E-state index in [9.17, 15) is 19.5 Å². The van der Waals surface area contributed by atoms with E-state index in [1.165, 1.54) is 17.0 Å². The summed E-state index contributed by atoms with van der Waals surface area (Å²) in [6.45, 7) is 2.45. The molecule has 0 aliphatic carbocycles. The standard InChI is InChI=1S/C16H20N4O4/c1-2-3-7-20-13-11(14(22)19-16(20)24)12(17-15(23)18-13)9-5-4-6-10(21)8-9/h4-6,8,11-13,21H,2-3,7H2,1H3,(H2,17,18,23)(H,19,22,24). The van der Waals surface area contributed by atoms with Gasteiger partial charge in [-0.15, -0.1) is 0 Å². The van der Waals surface area contributed by atoms with Crippen LogP contribution in [0.2, 0.25) is 0 Å². The Hall–Kier alpha value is -2.77. The number of nitrogens with zero attached hydrogens (tertiary/aromatic N) is 1. The number of phenolic OH excluding ortho intramolecular Hbond substituents is 1. The van der Waals surface area contributed by atoms with E-state index in [0.29, 0.717) is 12.1 Å². The molecule has 0 aromatic heterocycles. The zero-order valence-electron chi connectivity index (χ0n) is 13.3. The summed E-state index contributed by atoms with van der Waals surface area (Å²) in [6, 6.07) is 4.82. The van der Waals surface area contributed by atoms with Gasteiger partial charge in [-0.25, -0.2) is 9.59 Å². The Balaban J connectivity index is 1.96. The van der Waals surface area contributed by atoms with Gasteiger partial charge in [0.1, 0.15) is 17.8 Å². The number of amides is 5. The van der Waals surface area contributed by atoms with Gasteiger partial charge in [0, 0.05) is 6.54 Å². The number of aromatic hydroxyl groups is 1. The van der Waals surface area contributed by atoms with Crippen molar-refractivity contribution in [2.24, 2.45) is 5.92 Å². The van der Waals surface area contributed by atoms with Gasteiger partial charge in [-0.1, -0.05) is 25.5 Å². The van der Waals surface area contributed by atoms with Crippen molar-refractivity contribution in [2.75, 3.05) is 6.54 Å². The first kappa shape index (κ1) is 16.1. The quantitative estimate of drug-likeness (QED) is 0.660. The molecule has 0 bridgehead atoms. The fraction of sp³-hybridized carbons (Fsp3) is 0.438. The number of carbonyl (C=O) groups is 3. The Morgan fingerprint density at radius 1 is 1.21 bits per heavy atom. The molecule has 3 atom stereocenters. The summed E-state index contributed by atoms with van der Waals surface area (Å²) in [6.07, 6.45) is 0.946. The maximum Gasteiger partial charge on any atom is 0.325 e. The van der Waals surface area contributed by atoms with E-state index in [1.54, 1.807) is 12.1 Å². The van der Waals surface area contributed by atoms with Crippen LogP contribution in [-0.4, -0.2) is 40.7 Å². The third kappa shape index (κ3) is 2.86. The second-order valence-corrected chi connectivity index (χ2v) is 6.00. The highest BCUT2D eigenvalue weighted by molar-refractivity contribution is 6.00. The number of hydrogen-bond donors (Lipinski definition) is 4. The molecule has 24 heavy (non-hydrogen) atoms. The minimum Gasteiger partial charge on any atom is -0.508 e. The zero-order chi connectivity index (χ0) is 17.3. The maximum atomic E-state index is 12.4. The lowest BCUT2D eigenvalue weighted by Crippen LogP contribution is -2.72. The molecule has 2 saturated heterocycles. The lowest BCUT2D eigenvalue weighted by Gasteiger charge is -2.46. The molecular weight excluding hydrogens is 312 g/mol. The second kappa shape index (κ2) is 6.38. The molecule has 8 heteroatoms. The Morgan fingerprint density at radius 3 is 2.71 bits per heavy atom. The third-order valence-corrected chi connectivity index (χ3v) is 4.38. The summed E-state index contributed by atoms with van der Waals surface area (Å²) < 4.78 is 0. The van der Waals surface area contributed by atoms with Crippen molar-refractivity contribution >= 4 is 18.0 Å². The molecule has 0 saturated carbocycles. The highest BCUT2D eigenvalue weighted by Crippen LogP contribution is 2.33. The van der Waals surface area contributed by atoms with Crippen LogP contribution >= 0.6 is 0 Å². The van der Waals surface area contributed by atoms with E-state index in [0.717, 1.165) is 12.8 Å². The molecule has 0 radical (unpaired) electrons. The van der Waals surface area contributed by atoms with Crippen LogP contribution in [0.4, 0.5) is 9.59 Å². The minimum absolute atomic E-state index is 0.0481. The Bertz CT molecular complexity index is 678.